The maximum atomic E-state index is 12.2. The molecule has 1 amide bonds. The van der Waals surface area contributed by atoms with Crippen LogP contribution < -0.4 is 5.32 Å². The number of benzene rings is 2. The van der Waals surface area contributed by atoms with Crippen LogP contribution in [0.4, 0.5) is 0 Å². The van der Waals surface area contributed by atoms with Crippen molar-refractivity contribution >= 4 is 28.5 Å². The lowest BCUT2D eigenvalue weighted by Gasteiger charge is -2.19. The van der Waals surface area contributed by atoms with Crippen LogP contribution in [-0.2, 0) is 18.0 Å². The number of rotatable bonds is 7. The molecule has 0 aliphatic heterocycles. The van der Waals surface area contributed by atoms with Gasteiger partial charge < -0.3 is 5.32 Å². The number of para-hydroxylation sites is 1. The minimum absolute atomic E-state index is 0.0266. The number of aromatic nitrogens is 3. The molecule has 2 aromatic carbocycles. The maximum absolute atomic E-state index is 12.2. The van der Waals surface area contributed by atoms with E-state index in [-0.39, 0.29) is 5.91 Å². The second-order valence-corrected chi connectivity index (χ2v) is 6.20. The van der Waals surface area contributed by atoms with Crippen LogP contribution in [0.25, 0.3) is 11.0 Å². The number of carbonyl (C=O) groups is 1. The number of hydrogen-bond acceptors (Lipinski definition) is 4. The van der Waals surface area contributed by atoms with Crippen LogP contribution in [0, 0.1) is 0 Å². The molecule has 0 fully saturated rings. The highest BCUT2D eigenvalue weighted by atomic mass is 35.5. The Morgan fingerprint density at radius 3 is 2.72 bits per heavy atom. The summed E-state index contributed by atoms with van der Waals surface area (Å²) in [4.78, 5) is 14.2. The molecular weight excluding hydrogens is 338 g/mol. The minimum atomic E-state index is -0.0266. The molecule has 7 heteroatoms. The van der Waals surface area contributed by atoms with E-state index in [2.05, 4.69) is 15.6 Å². The van der Waals surface area contributed by atoms with Gasteiger partial charge in [0.1, 0.15) is 5.52 Å². The SMILES string of the molecule is CCN(CC(=O)NCc1ccc(Cl)cc1)Cn1nnc2ccccc21. The summed E-state index contributed by atoms with van der Waals surface area (Å²) in [7, 11) is 0. The Morgan fingerprint density at radius 1 is 1.20 bits per heavy atom. The van der Waals surface area contributed by atoms with E-state index in [1.165, 1.54) is 0 Å². The van der Waals surface area contributed by atoms with Gasteiger partial charge in [-0.05, 0) is 36.4 Å². The van der Waals surface area contributed by atoms with Gasteiger partial charge in [-0.2, -0.15) is 0 Å². The normalized spacial score (nSPS) is 11.2. The molecule has 130 valence electrons. The van der Waals surface area contributed by atoms with Crippen LogP contribution in [0.3, 0.4) is 0 Å². The highest BCUT2D eigenvalue weighted by molar-refractivity contribution is 6.30. The molecule has 0 saturated carbocycles. The van der Waals surface area contributed by atoms with Crippen LogP contribution in [0.2, 0.25) is 5.02 Å². The van der Waals surface area contributed by atoms with E-state index in [0.717, 1.165) is 23.1 Å². The van der Waals surface area contributed by atoms with E-state index >= 15 is 0 Å². The number of likely N-dealkylation sites (N-methyl/N-ethyl adjacent to an activating group) is 1. The van der Waals surface area contributed by atoms with Crippen molar-refractivity contribution in [3.8, 4) is 0 Å². The highest BCUT2D eigenvalue weighted by Crippen LogP contribution is 2.11. The summed E-state index contributed by atoms with van der Waals surface area (Å²) in [6, 6.07) is 15.2. The van der Waals surface area contributed by atoms with Gasteiger partial charge in [-0.25, -0.2) is 4.68 Å². The lowest BCUT2D eigenvalue weighted by Crippen LogP contribution is -2.38. The number of halogens is 1. The smallest absolute Gasteiger partial charge is 0.234 e. The number of hydrogen-bond donors (Lipinski definition) is 1. The van der Waals surface area contributed by atoms with Crippen LogP contribution in [0.1, 0.15) is 12.5 Å². The molecule has 0 aliphatic carbocycles. The standard InChI is InChI=1S/C18H20ClN5O/c1-2-23(13-24-17-6-4-3-5-16(17)21-22-24)12-18(25)20-11-14-7-9-15(19)10-8-14/h3-10H,2,11-13H2,1H3,(H,20,25). The van der Waals surface area contributed by atoms with Crippen LogP contribution in [0.5, 0.6) is 0 Å². The first-order valence-corrected chi connectivity index (χ1v) is 8.55. The zero-order valence-electron chi connectivity index (χ0n) is 14.0. The van der Waals surface area contributed by atoms with E-state index in [0.29, 0.717) is 24.8 Å². The number of carbonyl (C=O) groups excluding carboxylic acids is 1. The molecule has 3 aromatic rings. The lowest BCUT2D eigenvalue weighted by molar-refractivity contribution is -0.122. The van der Waals surface area contributed by atoms with E-state index in [1.807, 2.05) is 65.0 Å². The van der Waals surface area contributed by atoms with Crippen molar-refractivity contribution < 1.29 is 4.79 Å². The second kappa shape index (κ2) is 8.09. The average molecular weight is 358 g/mol. The Labute approximate surface area is 151 Å². The van der Waals surface area contributed by atoms with E-state index < -0.39 is 0 Å². The molecule has 1 aromatic heterocycles. The first-order valence-electron chi connectivity index (χ1n) is 8.17. The molecule has 3 rings (SSSR count). The van der Waals surface area contributed by atoms with Crippen LogP contribution in [-0.4, -0.2) is 38.9 Å². The fourth-order valence-corrected chi connectivity index (χ4v) is 2.66. The number of fused-ring (bicyclic) bond motifs is 1. The first-order chi connectivity index (χ1) is 12.2. The molecule has 0 saturated heterocycles. The summed E-state index contributed by atoms with van der Waals surface area (Å²) in [5, 5.41) is 11.9. The zero-order chi connectivity index (χ0) is 17.6. The molecule has 6 nitrogen and oxygen atoms in total. The Balaban J connectivity index is 1.56. The fraction of sp³-hybridized carbons (Fsp3) is 0.278. The molecule has 0 aliphatic rings. The second-order valence-electron chi connectivity index (χ2n) is 5.77. The first kappa shape index (κ1) is 17.4. The van der Waals surface area contributed by atoms with Crippen molar-refractivity contribution in [1.82, 2.24) is 25.2 Å². The van der Waals surface area contributed by atoms with E-state index in [4.69, 9.17) is 11.6 Å². The zero-order valence-corrected chi connectivity index (χ0v) is 14.8. The van der Waals surface area contributed by atoms with Gasteiger partial charge in [-0.15, -0.1) is 5.10 Å². The predicted octanol–water partition coefficient (Wildman–Crippen LogP) is 2.68. The van der Waals surface area contributed by atoms with Gasteiger partial charge >= 0.3 is 0 Å². The Bertz CT molecular complexity index is 846. The maximum Gasteiger partial charge on any atom is 0.234 e. The Morgan fingerprint density at radius 2 is 1.96 bits per heavy atom. The third-order valence-electron chi connectivity index (χ3n) is 3.97. The number of amides is 1. The topological polar surface area (TPSA) is 63.1 Å². The van der Waals surface area contributed by atoms with Crippen molar-refractivity contribution in [3.63, 3.8) is 0 Å². The van der Waals surface area contributed by atoms with Gasteiger partial charge in [0.2, 0.25) is 5.91 Å². The molecule has 0 atom stereocenters. The summed E-state index contributed by atoms with van der Waals surface area (Å²) in [6.45, 7) is 4.07. The van der Waals surface area contributed by atoms with Gasteiger partial charge in [-0.1, -0.05) is 48.0 Å². The third-order valence-corrected chi connectivity index (χ3v) is 4.22. The Kier molecular flexibility index (Phi) is 5.63. The van der Waals surface area contributed by atoms with Gasteiger partial charge in [0.05, 0.1) is 18.7 Å². The van der Waals surface area contributed by atoms with Gasteiger partial charge in [0, 0.05) is 11.6 Å². The molecule has 0 spiro atoms. The summed E-state index contributed by atoms with van der Waals surface area (Å²) in [5.74, 6) is -0.0266. The largest absolute Gasteiger partial charge is 0.351 e. The molecule has 0 bridgehead atoms. The van der Waals surface area contributed by atoms with Crippen molar-refractivity contribution in [2.24, 2.45) is 0 Å². The van der Waals surface area contributed by atoms with E-state index in [9.17, 15) is 4.79 Å². The number of nitrogens with zero attached hydrogens (tertiary/aromatic N) is 4. The quantitative estimate of drug-likeness (QED) is 0.706. The molecule has 1 heterocycles. The highest BCUT2D eigenvalue weighted by Gasteiger charge is 2.12. The van der Waals surface area contributed by atoms with Crippen molar-refractivity contribution in [3.05, 3.63) is 59.1 Å². The summed E-state index contributed by atoms with van der Waals surface area (Å²) in [6.07, 6.45) is 0. The summed E-state index contributed by atoms with van der Waals surface area (Å²) >= 11 is 5.86. The monoisotopic (exact) mass is 357 g/mol. The lowest BCUT2D eigenvalue weighted by atomic mass is 10.2. The van der Waals surface area contributed by atoms with Gasteiger partial charge in [0.25, 0.3) is 0 Å². The molecule has 0 unspecified atom stereocenters. The third kappa shape index (κ3) is 4.55. The number of nitrogens with one attached hydrogen (secondary N) is 1. The minimum Gasteiger partial charge on any atom is -0.351 e. The fourth-order valence-electron chi connectivity index (χ4n) is 2.53. The Hall–Kier alpha value is -2.44. The predicted molar refractivity (Wildman–Crippen MR) is 98.1 cm³/mol. The summed E-state index contributed by atoms with van der Waals surface area (Å²) < 4.78 is 1.81. The molecule has 25 heavy (non-hydrogen) atoms. The molecule has 1 N–H and O–H groups in total. The molecule has 0 radical (unpaired) electrons. The van der Waals surface area contributed by atoms with Crippen LogP contribution in [0.15, 0.2) is 48.5 Å². The van der Waals surface area contributed by atoms with Gasteiger partial charge in [-0.3, -0.25) is 9.69 Å². The van der Waals surface area contributed by atoms with Gasteiger partial charge in [0.15, 0.2) is 0 Å². The van der Waals surface area contributed by atoms with Crippen molar-refractivity contribution in [2.75, 3.05) is 13.1 Å². The van der Waals surface area contributed by atoms with E-state index in [1.54, 1.807) is 0 Å². The average Bonchev–Trinajstić information content (AvgIpc) is 3.04. The van der Waals surface area contributed by atoms with Crippen molar-refractivity contribution in [1.29, 1.82) is 0 Å². The van der Waals surface area contributed by atoms with Crippen molar-refractivity contribution in [2.45, 2.75) is 20.1 Å². The summed E-state index contributed by atoms with van der Waals surface area (Å²) in [5.41, 5.74) is 2.83. The van der Waals surface area contributed by atoms with Crippen LogP contribution >= 0.6 is 11.6 Å². The molecular formula is C18H20ClN5O.